The molecule has 3 nitrogen and oxygen atoms in total. The van der Waals surface area contributed by atoms with Gasteiger partial charge in [0.2, 0.25) is 6.41 Å². The molecule has 0 saturated heterocycles. The number of carbonyl (C=O) groups excluding carboxylic acids is 1. The molecule has 0 spiro atoms. The normalized spacial score (nSPS) is 20.8. The van der Waals surface area contributed by atoms with E-state index >= 15 is 0 Å². The van der Waals surface area contributed by atoms with Crippen molar-refractivity contribution in [3.05, 3.63) is 71.3 Å². The fourth-order valence-corrected chi connectivity index (χ4v) is 3.38. The van der Waals surface area contributed by atoms with Crippen LogP contribution in [-0.4, -0.2) is 43.4 Å². The standard InChI is InChI=1S/C19H22N2O/c1-20(2)13-19-17-11-7-6-10-16(17)18(12-21(19)14-22)15-8-4-3-5-9-15/h3-11,14,18-19H,12-13H2,1-2H3. The molecule has 0 radical (unpaired) electrons. The third-order valence-corrected chi connectivity index (χ3v) is 4.40. The van der Waals surface area contributed by atoms with Gasteiger partial charge in [0.15, 0.2) is 0 Å². The predicted octanol–water partition coefficient (Wildman–Crippen LogP) is 2.89. The maximum Gasteiger partial charge on any atom is 0.210 e. The van der Waals surface area contributed by atoms with Gasteiger partial charge in [-0.05, 0) is 30.8 Å². The first-order chi connectivity index (χ1) is 10.7. The highest BCUT2D eigenvalue weighted by atomic mass is 16.1. The summed E-state index contributed by atoms with van der Waals surface area (Å²) in [7, 11) is 4.10. The second-order valence-electron chi connectivity index (χ2n) is 6.17. The van der Waals surface area contributed by atoms with Crippen molar-refractivity contribution in [1.82, 2.24) is 9.80 Å². The lowest BCUT2D eigenvalue weighted by atomic mass is 9.81. The summed E-state index contributed by atoms with van der Waals surface area (Å²) in [6.07, 6.45) is 1.00. The van der Waals surface area contributed by atoms with E-state index in [1.54, 1.807) is 0 Å². The largest absolute Gasteiger partial charge is 0.336 e. The summed E-state index contributed by atoms with van der Waals surface area (Å²) in [6, 6.07) is 19.1. The lowest BCUT2D eigenvalue weighted by molar-refractivity contribution is -0.121. The minimum atomic E-state index is 0.128. The predicted molar refractivity (Wildman–Crippen MR) is 88.8 cm³/mol. The summed E-state index contributed by atoms with van der Waals surface area (Å²) in [5, 5.41) is 0. The van der Waals surface area contributed by atoms with Crippen molar-refractivity contribution in [1.29, 1.82) is 0 Å². The van der Waals surface area contributed by atoms with Gasteiger partial charge in [0.1, 0.15) is 0 Å². The summed E-state index contributed by atoms with van der Waals surface area (Å²) in [5.74, 6) is 0.251. The van der Waals surface area contributed by atoms with Crippen LogP contribution in [0.15, 0.2) is 54.6 Å². The van der Waals surface area contributed by atoms with Crippen molar-refractivity contribution in [3.63, 3.8) is 0 Å². The molecule has 1 heterocycles. The number of hydrogen-bond acceptors (Lipinski definition) is 2. The third kappa shape index (κ3) is 2.77. The molecule has 1 aliphatic rings. The SMILES string of the molecule is CN(C)CC1c2ccccc2C(c2ccccc2)CN1C=O. The van der Waals surface area contributed by atoms with Crippen LogP contribution < -0.4 is 0 Å². The molecule has 0 bridgehead atoms. The molecular weight excluding hydrogens is 272 g/mol. The Labute approximate surface area is 132 Å². The average molecular weight is 294 g/mol. The van der Waals surface area contributed by atoms with Crippen LogP contribution in [0, 0.1) is 0 Å². The van der Waals surface area contributed by atoms with Crippen LogP contribution in [0.3, 0.4) is 0 Å². The maximum atomic E-state index is 11.6. The van der Waals surface area contributed by atoms with E-state index in [-0.39, 0.29) is 12.0 Å². The molecule has 0 N–H and O–H groups in total. The highest BCUT2D eigenvalue weighted by molar-refractivity contribution is 5.54. The van der Waals surface area contributed by atoms with E-state index in [1.807, 2.05) is 11.0 Å². The van der Waals surface area contributed by atoms with Gasteiger partial charge in [-0.25, -0.2) is 0 Å². The van der Waals surface area contributed by atoms with Crippen LogP contribution >= 0.6 is 0 Å². The number of hydrogen-bond donors (Lipinski definition) is 0. The minimum Gasteiger partial charge on any atom is -0.336 e. The Morgan fingerprint density at radius 2 is 1.68 bits per heavy atom. The first-order valence-electron chi connectivity index (χ1n) is 7.70. The Morgan fingerprint density at radius 1 is 1.05 bits per heavy atom. The third-order valence-electron chi connectivity index (χ3n) is 4.40. The Hall–Kier alpha value is -2.13. The first-order valence-corrected chi connectivity index (χ1v) is 7.70. The zero-order valence-electron chi connectivity index (χ0n) is 13.1. The zero-order valence-corrected chi connectivity index (χ0v) is 13.1. The fraction of sp³-hybridized carbons (Fsp3) is 0.316. The number of amides is 1. The van der Waals surface area contributed by atoms with Gasteiger partial charge in [-0.1, -0.05) is 54.6 Å². The van der Waals surface area contributed by atoms with Crippen molar-refractivity contribution in [2.24, 2.45) is 0 Å². The molecule has 0 aromatic heterocycles. The summed E-state index contributed by atoms with van der Waals surface area (Å²) >= 11 is 0. The number of likely N-dealkylation sites (N-methyl/N-ethyl adjacent to an activating group) is 1. The number of rotatable bonds is 4. The quantitative estimate of drug-likeness (QED) is 0.810. The van der Waals surface area contributed by atoms with Gasteiger partial charge in [0.25, 0.3) is 0 Å². The Balaban J connectivity index is 2.06. The minimum absolute atomic E-state index is 0.128. The lowest BCUT2D eigenvalue weighted by Gasteiger charge is -2.40. The molecule has 2 unspecified atom stereocenters. The average Bonchev–Trinajstić information content (AvgIpc) is 2.55. The first kappa shape index (κ1) is 14.8. The molecule has 0 fully saturated rings. The van der Waals surface area contributed by atoms with E-state index in [0.717, 1.165) is 19.5 Å². The van der Waals surface area contributed by atoms with E-state index in [2.05, 4.69) is 67.5 Å². The van der Waals surface area contributed by atoms with Crippen LogP contribution in [0.1, 0.15) is 28.7 Å². The second kappa shape index (κ2) is 6.32. The molecule has 0 saturated carbocycles. The lowest BCUT2D eigenvalue weighted by Crippen LogP contribution is -2.41. The van der Waals surface area contributed by atoms with E-state index in [9.17, 15) is 4.79 Å². The molecule has 2 aromatic carbocycles. The van der Waals surface area contributed by atoms with Gasteiger partial charge in [-0.15, -0.1) is 0 Å². The van der Waals surface area contributed by atoms with Crippen LogP contribution in [0.25, 0.3) is 0 Å². The topological polar surface area (TPSA) is 23.6 Å². The van der Waals surface area contributed by atoms with E-state index in [1.165, 1.54) is 16.7 Å². The van der Waals surface area contributed by atoms with E-state index in [4.69, 9.17) is 0 Å². The summed E-state index contributed by atoms with van der Waals surface area (Å²) < 4.78 is 0. The van der Waals surface area contributed by atoms with Crippen molar-refractivity contribution < 1.29 is 4.79 Å². The van der Waals surface area contributed by atoms with Gasteiger partial charge in [-0.2, -0.15) is 0 Å². The highest BCUT2D eigenvalue weighted by Gasteiger charge is 2.33. The summed E-state index contributed by atoms with van der Waals surface area (Å²) in [5.41, 5.74) is 3.88. The van der Waals surface area contributed by atoms with Gasteiger partial charge in [0, 0.05) is 19.0 Å². The van der Waals surface area contributed by atoms with Crippen molar-refractivity contribution in [2.75, 3.05) is 27.2 Å². The molecule has 1 aliphatic heterocycles. The van der Waals surface area contributed by atoms with Gasteiger partial charge >= 0.3 is 0 Å². The molecule has 0 aliphatic carbocycles. The molecule has 3 rings (SSSR count). The van der Waals surface area contributed by atoms with Gasteiger partial charge < -0.3 is 9.80 Å². The van der Waals surface area contributed by atoms with E-state index < -0.39 is 0 Å². The fourth-order valence-electron chi connectivity index (χ4n) is 3.38. The Kier molecular flexibility index (Phi) is 4.25. The zero-order chi connectivity index (χ0) is 15.5. The number of benzene rings is 2. The van der Waals surface area contributed by atoms with Crippen LogP contribution in [0.5, 0.6) is 0 Å². The molecule has 2 aromatic rings. The van der Waals surface area contributed by atoms with Gasteiger partial charge in [0.05, 0.1) is 6.04 Å². The van der Waals surface area contributed by atoms with Gasteiger partial charge in [-0.3, -0.25) is 4.79 Å². The van der Waals surface area contributed by atoms with Crippen molar-refractivity contribution in [2.45, 2.75) is 12.0 Å². The number of carbonyl (C=O) groups is 1. The summed E-state index contributed by atoms with van der Waals surface area (Å²) in [6.45, 7) is 1.58. The molecule has 3 heteroatoms. The number of nitrogens with zero attached hydrogens (tertiary/aromatic N) is 2. The molecular formula is C19H22N2O. The molecule has 1 amide bonds. The maximum absolute atomic E-state index is 11.6. The second-order valence-corrected chi connectivity index (χ2v) is 6.17. The number of fused-ring (bicyclic) bond motifs is 1. The van der Waals surface area contributed by atoms with Crippen LogP contribution in [0.4, 0.5) is 0 Å². The monoisotopic (exact) mass is 294 g/mol. The van der Waals surface area contributed by atoms with Crippen molar-refractivity contribution in [3.8, 4) is 0 Å². The highest BCUT2D eigenvalue weighted by Crippen LogP contribution is 2.38. The Bertz CT molecular complexity index is 639. The summed E-state index contributed by atoms with van der Waals surface area (Å²) in [4.78, 5) is 15.7. The van der Waals surface area contributed by atoms with E-state index in [0.29, 0.717) is 0 Å². The molecule has 2 atom stereocenters. The smallest absolute Gasteiger partial charge is 0.210 e. The molecule has 22 heavy (non-hydrogen) atoms. The van der Waals surface area contributed by atoms with Crippen molar-refractivity contribution >= 4 is 6.41 Å². The van der Waals surface area contributed by atoms with Crippen LogP contribution in [0.2, 0.25) is 0 Å². The van der Waals surface area contributed by atoms with Crippen LogP contribution in [-0.2, 0) is 4.79 Å². The molecule has 114 valence electrons. The Morgan fingerprint density at radius 3 is 2.32 bits per heavy atom.